The van der Waals surface area contributed by atoms with Crippen LogP contribution in [0.15, 0.2) is 30.5 Å². The summed E-state index contributed by atoms with van der Waals surface area (Å²) in [6.45, 7) is 0.797. The van der Waals surface area contributed by atoms with Crippen molar-refractivity contribution in [3.05, 3.63) is 36.7 Å². The number of aliphatic hydroxyl groups excluding tert-OH is 1. The van der Waals surface area contributed by atoms with Gasteiger partial charge in [-0.2, -0.15) is 0 Å². The van der Waals surface area contributed by atoms with Crippen molar-refractivity contribution in [1.29, 1.82) is 0 Å². The van der Waals surface area contributed by atoms with Gasteiger partial charge < -0.3 is 10.4 Å². The molecule has 0 aliphatic carbocycles. The molecule has 1 radical (unpaired) electrons. The Hall–Kier alpha value is -2.05. The van der Waals surface area contributed by atoms with Crippen LogP contribution in [-0.2, 0) is 0 Å². The lowest BCUT2D eigenvalue weighted by Crippen LogP contribution is -2.06. The van der Waals surface area contributed by atoms with E-state index >= 15 is 0 Å². The summed E-state index contributed by atoms with van der Waals surface area (Å²) in [6.07, 6.45) is 5.34. The van der Waals surface area contributed by atoms with E-state index in [1.54, 1.807) is 17.5 Å². The minimum Gasteiger partial charge on any atom is -0.396 e. The predicted molar refractivity (Wildman–Crippen MR) is 79.7 cm³/mol. The molecule has 2 aromatic heterocycles. The fourth-order valence-electron chi connectivity index (χ4n) is 1.75. The Morgan fingerprint density at radius 3 is 2.95 bits per heavy atom. The van der Waals surface area contributed by atoms with Crippen LogP contribution >= 0.6 is 11.3 Å². The SMILES string of the molecule is OCCCNc1n[c]c(-c2nc3ccccc3s2)cn1. The summed E-state index contributed by atoms with van der Waals surface area (Å²) in [7, 11) is 0. The van der Waals surface area contributed by atoms with Gasteiger partial charge >= 0.3 is 0 Å². The predicted octanol–water partition coefficient (Wildman–Crippen LogP) is 2.35. The molecule has 3 rings (SSSR count). The second kappa shape index (κ2) is 5.94. The molecule has 0 bridgehead atoms. The van der Waals surface area contributed by atoms with Crippen LogP contribution in [-0.4, -0.2) is 33.2 Å². The number of hydrogen-bond acceptors (Lipinski definition) is 6. The summed E-state index contributed by atoms with van der Waals surface area (Å²) < 4.78 is 1.14. The average molecular weight is 285 g/mol. The number of fused-ring (bicyclic) bond motifs is 1. The number of aromatic nitrogens is 3. The number of nitrogens with zero attached hydrogens (tertiary/aromatic N) is 3. The fraction of sp³-hybridized carbons (Fsp3) is 0.214. The first-order chi connectivity index (χ1) is 9.86. The summed E-state index contributed by atoms with van der Waals surface area (Å²) in [6, 6.07) is 8.00. The van der Waals surface area contributed by atoms with Crippen LogP contribution in [0, 0.1) is 6.20 Å². The van der Waals surface area contributed by atoms with Gasteiger partial charge in [0.05, 0.1) is 15.8 Å². The number of thiazole rings is 1. The zero-order chi connectivity index (χ0) is 13.8. The number of benzene rings is 1. The van der Waals surface area contributed by atoms with Crippen LogP contribution in [0.5, 0.6) is 0 Å². The first kappa shape index (κ1) is 13.0. The van der Waals surface area contributed by atoms with E-state index in [1.807, 2.05) is 24.3 Å². The van der Waals surface area contributed by atoms with Crippen LogP contribution < -0.4 is 5.32 Å². The Bertz CT molecular complexity index is 663. The highest BCUT2D eigenvalue weighted by molar-refractivity contribution is 7.21. The first-order valence-electron chi connectivity index (χ1n) is 6.32. The van der Waals surface area contributed by atoms with Gasteiger partial charge in [0.1, 0.15) is 11.2 Å². The number of rotatable bonds is 5. The van der Waals surface area contributed by atoms with Crippen LogP contribution in [0.2, 0.25) is 0 Å². The Morgan fingerprint density at radius 1 is 1.30 bits per heavy atom. The van der Waals surface area contributed by atoms with E-state index in [1.165, 1.54) is 0 Å². The zero-order valence-electron chi connectivity index (χ0n) is 10.7. The molecule has 0 unspecified atom stereocenters. The van der Waals surface area contributed by atoms with Crippen molar-refractivity contribution < 1.29 is 5.11 Å². The highest BCUT2D eigenvalue weighted by atomic mass is 32.1. The van der Waals surface area contributed by atoms with E-state index in [-0.39, 0.29) is 6.61 Å². The molecule has 2 N–H and O–H groups in total. The van der Waals surface area contributed by atoms with E-state index in [2.05, 4.69) is 26.5 Å². The molecule has 0 atom stereocenters. The molecular formula is C14H13N4OS. The maximum absolute atomic E-state index is 8.71. The summed E-state index contributed by atoms with van der Waals surface area (Å²) in [5, 5.41) is 12.6. The van der Waals surface area contributed by atoms with Gasteiger partial charge in [-0.1, -0.05) is 12.1 Å². The molecule has 101 valence electrons. The number of para-hydroxylation sites is 1. The molecule has 0 saturated carbocycles. The molecule has 0 fully saturated rings. The lowest BCUT2D eigenvalue weighted by molar-refractivity contribution is 0.292. The third-order valence-corrected chi connectivity index (χ3v) is 3.81. The Kier molecular flexibility index (Phi) is 3.85. The van der Waals surface area contributed by atoms with Crippen molar-refractivity contribution in [2.45, 2.75) is 6.42 Å². The number of anilines is 1. The minimum absolute atomic E-state index is 0.153. The van der Waals surface area contributed by atoms with Gasteiger partial charge in [-0.05, 0) is 18.6 Å². The summed E-state index contributed by atoms with van der Waals surface area (Å²) >= 11 is 1.60. The molecule has 0 saturated heterocycles. The van der Waals surface area contributed by atoms with Crippen LogP contribution in [0.25, 0.3) is 20.8 Å². The largest absolute Gasteiger partial charge is 0.396 e. The highest BCUT2D eigenvalue weighted by Gasteiger charge is 2.07. The monoisotopic (exact) mass is 285 g/mol. The molecule has 0 aliphatic heterocycles. The average Bonchev–Trinajstić information content (AvgIpc) is 2.92. The van der Waals surface area contributed by atoms with Crippen molar-refractivity contribution in [2.75, 3.05) is 18.5 Å². The van der Waals surface area contributed by atoms with Gasteiger partial charge in [0.15, 0.2) is 0 Å². The van der Waals surface area contributed by atoms with Crippen molar-refractivity contribution in [3.63, 3.8) is 0 Å². The van der Waals surface area contributed by atoms with E-state index in [0.29, 0.717) is 18.9 Å². The summed E-state index contributed by atoms with van der Waals surface area (Å²) in [5.74, 6) is 0.517. The van der Waals surface area contributed by atoms with Crippen LogP contribution in [0.3, 0.4) is 0 Å². The molecule has 1 aromatic carbocycles. The normalized spacial score (nSPS) is 10.8. The smallest absolute Gasteiger partial charge is 0.223 e. The molecule has 0 amide bonds. The van der Waals surface area contributed by atoms with Gasteiger partial charge in [-0.15, -0.1) is 11.3 Å². The van der Waals surface area contributed by atoms with E-state index in [9.17, 15) is 0 Å². The van der Waals surface area contributed by atoms with Crippen molar-refractivity contribution in [2.24, 2.45) is 0 Å². The van der Waals surface area contributed by atoms with Gasteiger partial charge in [-0.3, -0.25) is 0 Å². The van der Waals surface area contributed by atoms with E-state index in [4.69, 9.17) is 5.11 Å². The topological polar surface area (TPSA) is 70.9 Å². The van der Waals surface area contributed by atoms with Crippen molar-refractivity contribution in [3.8, 4) is 10.6 Å². The molecule has 0 aliphatic rings. The maximum Gasteiger partial charge on any atom is 0.223 e. The lowest BCUT2D eigenvalue weighted by atomic mass is 10.3. The quantitative estimate of drug-likeness (QED) is 0.704. The molecule has 6 heteroatoms. The molecule has 5 nitrogen and oxygen atoms in total. The van der Waals surface area contributed by atoms with Crippen molar-refractivity contribution >= 4 is 27.5 Å². The Morgan fingerprint density at radius 2 is 2.20 bits per heavy atom. The molecule has 0 spiro atoms. The van der Waals surface area contributed by atoms with Crippen LogP contribution in [0.4, 0.5) is 5.95 Å². The molecule has 2 heterocycles. The van der Waals surface area contributed by atoms with Gasteiger partial charge in [0.2, 0.25) is 5.95 Å². The maximum atomic E-state index is 8.71. The summed E-state index contributed by atoms with van der Waals surface area (Å²) in [4.78, 5) is 12.9. The summed E-state index contributed by atoms with van der Waals surface area (Å²) in [5.41, 5.74) is 1.77. The Balaban J connectivity index is 1.79. The second-order valence-electron chi connectivity index (χ2n) is 4.21. The highest BCUT2D eigenvalue weighted by Crippen LogP contribution is 2.28. The molecule has 20 heavy (non-hydrogen) atoms. The number of aliphatic hydroxyl groups is 1. The minimum atomic E-state index is 0.153. The number of nitrogens with one attached hydrogen (secondary N) is 1. The van der Waals surface area contributed by atoms with E-state index in [0.717, 1.165) is 20.8 Å². The van der Waals surface area contributed by atoms with Gasteiger partial charge in [0, 0.05) is 19.3 Å². The first-order valence-corrected chi connectivity index (χ1v) is 7.14. The fourth-order valence-corrected chi connectivity index (χ4v) is 2.68. The second-order valence-corrected chi connectivity index (χ2v) is 5.24. The van der Waals surface area contributed by atoms with Gasteiger partial charge in [-0.25, -0.2) is 15.0 Å². The van der Waals surface area contributed by atoms with Crippen molar-refractivity contribution in [1.82, 2.24) is 15.0 Å². The Labute approximate surface area is 120 Å². The molecule has 3 aromatic rings. The standard InChI is InChI=1S/C14H13N4OS/c19-7-3-6-15-14-16-8-10(9-17-14)13-18-11-4-1-2-5-12(11)20-13/h1-2,4-5,8,19H,3,6-7H2,(H,15,16,17). The van der Waals surface area contributed by atoms with Crippen LogP contribution in [0.1, 0.15) is 6.42 Å². The van der Waals surface area contributed by atoms with Gasteiger partial charge in [0.25, 0.3) is 0 Å². The third kappa shape index (κ3) is 2.76. The van der Waals surface area contributed by atoms with E-state index < -0.39 is 0 Å². The third-order valence-electron chi connectivity index (χ3n) is 2.74. The lowest BCUT2D eigenvalue weighted by Gasteiger charge is -2.02. The number of hydrogen-bond donors (Lipinski definition) is 2. The molecular weight excluding hydrogens is 272 g/mol. The zero-order valence-corrected chi connectivity index (χ0v) is 11.5.